The van der Waals surface area contributed by atoms with Crippen LogP contribution in [0.25, 0.3) is 0 Å². The number of benzene rings is 2. The van der Waals surface area contributed by atoms with Gasteiger partial charge in [0.1, 0.15) is 12.4 Å². The number of aromatic nitrogens is 4. The molecule has 0 radical (unpaired) electrons. The molecular weight excluding hydrogens is 417 g/mol. The number of aryl methyl sites for hydroxylation is 1. The molecule has 0 amide bonds. The fraction of sp³-hybridized carbons (Fsp3) is 0.278. The van der Waals surface area contributed by atoms with Crippen LogP contribution < -0.4 is 14.8 Å². The number of ether oxygens (including phenoxy) is 2. The molecular formula is C18H19BrFN5O2. The summed E-state index contributed by atoms with van der Waals surface area (Å²) in [5, 5.41) is 14.7. The third-order valence-electron chi connectivity index (χ3n) is 3.97. The Bertz CT molecular complexity index is 919. The lowest BCUT2D eigenvalue weighted by atomic mass is 10.1. The molecule has 0 atom stereocenters. The van der Waals surface area contributed by atoms with E-state index in [1.807, 2.05) is 13.0 Å². The van der Waals surface area contributed by atoms with Crippen molar-refractivity contribution in [2.75, 3.05) is 12.4 Å². The monoisotopic (exact) mass is 435 g/mol. The summed E-state index contributed by atoms with van der Waals surface area (Å²) in [7, 11) is 1.56. The lowest BCUT2D eigenvalue weighted by Gasteiger charge is -2.17. The highest BCUT2D eigenvalue weighted by atomic mass is 79.9. The summed E-state index contributed by atoms with van der Waals surface area (Å²) < 4.78 is 27.8. The van der Waals surface area contributed by atoms with E-state index in [9.17, 15) is 4.39 Å². The maximum Gasteiger partial charge on any atom is 0.243 e. The van der Waals surface area contributed by atoms with Crippen LogP contribution in [0.3, 0.4) is 0 Å². The molecule has 0 saturated carbocycles. The molecule has 0 fully saturated rings. The third-order valence-corrected chi connectivity index (χ3v) is 4.71. The molecule has 2 aromatic carbocycles. The molecule has 0 spiro atoms. The number of anilines is 1. The van der Waals surface area contributed by atoms with E-state index in [0.29, 0.717) is 36.1 Å². The summed E-state index contributed by atoms with van der Waals surface area (Å²) in [5.41, 5.74) is 1.28. The zero-order chi connectivity index (χ0) is 19.2. The van der Waals surface area contributed by atoms with E-state index in [2.05, 4.69) is 36.8 Å². The van der Waals surface area contributed by atoms with Gasteiger partial charge in [0.05, 0.1) is 7.11 Å². The van der Waals surface area contributed by atoms with Gasteiger partial charge >= 0.3 is 0 Å². The van der Waals surface area contributed by atoms with Gasteiger partial charge in [-0.3, -0.25) is 0 Å². The first kappa shape index (κ1) is 19.1. The first-order valence-corrected chi connectivity index (χ1v) is 9.15. The Morgan fingerprint density at radius 1 is 1.22 bits per heavy atom. The van der Waals surface area contributed by atoms with E-state index < -0.39 is 0 Å². The van der Waals surface area contributed by atoms with E-state index in [4.69, 9.17) is 9.47 Å². The van der Waals surface area contributed by atoms with Gasteiger partial charge in [-0.15, -0.1) is 0 Å². The van der Waals surface area contributed by atoms with Gasteiger partial charge in [-0.2, -0.15) is 0 Å². The molecule has 0 saturated heterocycles. The Morgan fingerprint density at radius 2 is 2.04 bits per heavy atom. The molecule has 27 heavy (non-hydrogen) atoms. The topological polar surface area (TPSA) is 74.1 Å². The molecule has 0 aliphatic heterocycles. The van der Waals surface area contributed by atoms with Crippen molar-refractivity contribution in [1.82, 2.24) is 20.2 Å². The van der Waals surface area contributed by atoms with Gasteiger partial charge in [0.15, 0.2) is 11.5 Å². The van der Waals surface area contributed by atoms with Crippen molar-refractivity contribution in [3.8, 4) is 11.5 Å². The van der Waals surface area contributed by atoms with Gasteiger partial charge in [-0.05, 0) is 35.5 Å². The molecule has 7 nitrogen and oxygen atoms in total. The number of tetrazole rings is 1. The summed E-state index contributed by atoms with van der Waals surface area (Å²) >= 11 is 3.54. The van der Waals surface area contributed by atoms with Gasteiger partial charge in [0.25, 0.3) is 0 Å². The van der Waals surface area contributed by atoms with Gasteiger partial charge in [0, 0.05) is 28.7 Å². The minimum atomic E-state index is -0.312. The van der Waals surface area contributed by atoms with Crippen molar-refractivity contribution < 1.29 is 13.9 Å². The highest BCUT2D eigenvalue weighted by molar-refractivity contribution is 9.10. The smallest absolute Gasteiger partial charge is 0.243 e. The van der Waals surface area contributed by atoms with Crippen molar-refractivity contribution in [2.45, 2.75) is 26.6 Å². The second kappa shape index (κ2) is 8.81. The maximum absolute atomic E-state index is 13.9. The number of hydrogen-bond acceptors (Lipinski definition) is 6. The van der Waals surface area contributed by atoms with Gasteiger partial charge in [-0.25, -0.2) is 9.07 Å². The summed E-state index contributed by atoms with van der Waals surface area (Å²) in [6.45, 7) is 3.07. The van der Waals surface area contributed by atoms with Crippen LogP contribution in [0.5, 0.6) is 11.5 Å². The zero-order valence-electron chi connectivity index (χ0n) is 14.9. The quantitative estimate of drug-likeness (QED) is 0.579. The Kier molecular flexibility index (Phi) is 6.23. The largest absolute Gasteiger partial charge is 0.493 e. The predicted molar refractivity (Wildman–Crippen MR) is 102 cm³/mol. The SMILES string of the molecule is CCn1nnnc1NCc1c(Br)ccc(OC)c1OCc1ccccc1F. The highest BCUT2D eigenvalue weighted by Crippen LogP contribution is 2.37. The average Bonchev–Trinajstić information content (AvgIpc) is 3.14. The summed E-state index contributed by atoms with van der Waals surface area (Å²) in [5.74, 6) is 1.32. The Labute approximate surface area is 164 Å². The van der Waals surface area contributed by atoms with Crippen LogP contribution in [-0.4, -0.2) is 27.3 Å². The van der Waals surface area contributed by atoms with Crippen molar-refractivity contribution in [1.29, 1.82) is 0 Å². The second-order valence-corrected chi connectivity index (χ2v) is 6.46. The van der Waals surface area contributed by atoms with E-state index in [1.165, 1.54) is 6.07 Å². The van der Waals surface area contributed by atoms with E-state index in [0.717, 1.165) is 10.0 Å². The van der Waals surface area contributed by atoms with Crippen LogP contribution in [0.1, 0.15) is 18.1 Å². The minimum Gasteiger partial charge on any atom is -0.493 e. The van der Waals surface area contributed by atoms with Crippen LogP contribution in [-0.2, 0) is 19.7 Å². The Balaban J connectivity index is 1.85. The predicted octanol–water partition coefficient (Wildman–Crippen LogP) is 3.79. The highest BCUT2D eigenvalue weighted by Gasteiger charge is 2.16. The van der Waals surface area contributed by atoms with Crippen LogP contribution in [0.2, 0.25) is 0 Å². The molecule has 0 unspecified atom stereocenters. The van der Waals surface area contributed by atoms with E-state index in [1.54, 1.807) is 36.1 Å². The number of nitrogens with zero attached hydrogens (tertiary/aromatic N) is 4. The standard InChI is InChI=1S/C18H19BrFN5O2/c1-3-25-18(22-23-24-25)21-10-13-14(19)8-9-16(26-2)17(13)27-11-12-6-4-5-7-15(12)20/h4-9H,3,10-11H2,1-2H3,(H,21,22,24). The number of methoxy groups -OCH3 is 1. The number of rotatable bonds is 8. The summed E-state index contributed by atoms with van der Waals surface area (Å²) in [6, 6.07) is 10.2. The molecule has 1 heterocycles. The fourth-order valence-corrected chi connectivity index (χ4v) is 3.00. The Morgan fingerprint density at radius 3 is 2.78 bits per heavy atom. The number of nitrogens with one attached hydrogen (secondary N) is 1. The van der Waals surface area contributed by atoms with Crippen molar-refractivity contribution in [3.63, 3.8) is 0 Å². The van der Waals surface area contributed by atoms with Crippen LogP contribution in [0.15, 0.2) is 40.9 Å². The lowest BCUT2D eigenvalue weighted by Crippen LogP contribution is -2.10. The van der Waals surface area contributed by atoms with E-state index in [-0.39, 0.29) is 12.4 Å². The van der Waals surface area contributed by atoms with E-state index >= 15 is 0 Å². The second-order valence-electron chi connectivity index (χ2n) is 5.61. The molecule has 9 heteroatoms. The minimum absolute atomic E-state index is 0.0825. The zero-order valence-corrected chi connectivity index (χ0v) is 16.5. The van der Waals surface area contributed by atoms with Crippen LogP contribution in [0.4, 0.5) is 10.3 Å². The van der Waals surface area contributed by atoms with Gasteiger partial charge in [0.2, 0.25) is 5.95 Å². The normalized spacial score (nSPS) is 10.7. The summed E-state index contributed by atoms with van der Waals surface area (Å²) in [4.78, 5) is 0. The van der Waals surface area contributed by atoms with Gasteiger partial charge < -0.3 is 14.8 Å². The van der Waals surface area contributed by atoms with Crippen LogP contribution >= 0.6 is 15.9 Å². The molecule has 0 aliphatic rings. The van der Waals surface area contributed by atoms with Crippen molar-refractivity contribution in [2.24, 2.45) is 0 Å². The summed E-state index contributed by atoms with van der Waals surface area (Å²) in [6.07, 6.45) is 0. The molecule has 3 aromatic rings. The molecule has 142 valence electrons. The molecule has 1 aromatic heterocycles. The third kappa shape index (κ3) is 4.36. The first-order valence-electron chi connectivity index (χ1n) is 8.35. The Hall–Kier alpha value is -2.68. The molecule has 0 aliphatic carbocycles. The first-order chi connectivity index (χ1) is 13.1. The molecule has 1 N–H and O–H groups in total. The number of hydrogen-bond donors (Lipinski definition) is 1. The maximum atomic E-state index is 13.9. The lowest BCUT2D eigenvalue weighted by molar-refractivity contribution is 0.276. The average molecular weight is 436 g/mol. The van der Waals surface area contributed by atoms with Crippen molar-refractivity contribution >= 4 is 21.9 Å². The van der Waals surface area contributed by atoms with Crippen LogP contribution in [0, 0.1) is 5.82 Å². The fourth-order valence-electron chi connectivity index (χ4n) is 2.54. The molecule has 3 rings (SSSR count). The number of halogens is 2. The van der Waals surface area contributed by atoms with Crippen molar-refractivity contribution in [3.05, 3.63) is 57.8 Å². The van der Waals surface area contributed by atoms with Gasteiger partial charge in [-0.1, -0.05) is 39.2 Å². The molecule has 0 bridgehead atoms.